The third-order valence-corrected chi connectivity index (χ3v) is 4.65. The fourth-order valence-corrected chi connectivity index (χ4v) is 3.46. The molecule has 0 atom stereocenters. The van der Waals surface area contributed by atoms with Gasteiger partial charge in [0, 0.05) is 9.52 Å². The third kappa shape index (κ3) is 10.2. The van der Waals surface area contributed by atoms with E-state index in [0.29, 0.717) is 0 Å². The van der Waals surface area contributed by atoms with E-state index in [9.17, 15) is 0 Å². The van der Waals surface area contributed by atoms with E-state index in [1.807, 2.05) is 0 Å². The Hall–Kier alpha value is -1.18. The Morgan fingerprint density at radius 2 is 0.844 bits per heavy atom. The minimum Gasteiger partial charge on any atom is -1.00 e. The second kappa shape index (κ2) is 17.3. The fraction of sp³-hybridized carbons (Fsp3) is 0.214. The number of aryl methyl sites for hydroxylation is 4. The zero-order valence-corrected chi connectivity index (χ0v) is 25.0. The van der Waals surface area contributed by atoms with Crippen LogP contribution < -0.4 is 24.8 Å². The number of hydrogen-bond donors (Lipinski definition) is 0. The summed E-state index contributed by atoms with van der Waals surface area (Å²) in [6.07, 6.45) is 0. The first-order valence-corrected chi connectivity index (χ1v) is 12.6. The van der Waals surface area contributed by atoms with E-state index in [4.69, 9.17) is 0 Å². The van der Waals surface area contributed by atoms with Gasteiger partial charge < -0.3 is 24.8 Å². The van der Waals surface area contributed by atoms with Gasteiger partial charge in [-0.05, 0) is 0 Å². The number of benzene rings is 2. The smallest absolute Gasteiger partial charge is 1.00 e. The first kappa shape index (κ1) is 33.0. The molecule has 4 aromatic rings. The van der Waals surface area contributed by atoms with E-state index >= 15 is 0 Å². The quantitative estimate of drug-likeness (QED) is 0.260. The molecule has 4 rings (SSSR count). The summed E-state index contributed by atoms with van der Waals surface area (Å²) in [5.74, 6) is 0. The van der Waals surface area contributed by atoms with Gasteiger partial charge in [-0.25, -0.2) is 0 Å². The van der Waals surface area contributed by atoms with Gasteiger partial charge in [0.15, 0.2) is 0 Å². The Labute approximate surface area is 229 Å². The van der Waals surface area contributed by atoms with Gasteiger partial charge in [0.1, 0.15) is 0 Å². The second-order valence-corrected chi connectivity index (χ2v) is 8.72. The Morgan fingerprint density at radius 3 is 1.06 bits per heavy atom. The fourth-order valence-electron chi connectivity index (χ4n) is 3.46. The van der Waals surface area contributed by atoms with Crippen molar-refractivity contribution in [1.29, 1.82) is 0 Å². The van der Waals surface area contributed by atoms with Gasteiger partial charge in [0.05, 0.1) is 0 Å². The summed E-state index contributed by atoms with van der Waals surface area (Å²) in [5.41, 5.74) is 10.8. The van der Waals surface area contributed by atoms with Crippen molar-refractivity contribution in [2.45, 2.75) is 40.8 Å². The van der Waals surface area contributed by atoms with Gasteiger partial charge in [-0.15, -0.1) is 34.4 Å². The molecule has 167 valence electrons. The first-order valence-electron chi connectivity index (χ1n) is 10.3. The number of rotatable bonds is 2. The van der Waals surface area contributed by atoms with E-state index in [0.717, 1.165) is 9.52 Å². The number of hydrogen-bond acceptors (Lipinski definition) is 0. The maximum atomic E-state index is 2.24. The molecule has 0 bridgehead atoms. The molecule has 0 saturated carbocycles. The molecule has 0 aliphatic rings. The molecule has 0 aliphatic carbocycles. The molecule has 0 fully saturated rings. The summed E-state index contributed by atoms with van der Waals surface area (Å²) in [6, 6.07) is 30.0. The topological polar surface area (TPSA) is 0 Å². The van der Waals surface area contributed by atoms with E-state index < -0.39 is 0 Å². The predicted molar refractivity (Wildman–Crippen MR) is 133 cm³/mol. The van der Waals surface area contributed by atoms with Crippen molar-refractivity contribution in [3.8, 4) is 22.3 Å². The molecule has 0 spiro atoms. The van der Waals surface area contributed by atoms with E-state index in [1.54, 1.807) is 0 Å². The summed E-state index contributed by atoms with van der Waals surface area (Å²) in [6.45, 7) is 13.0. The molecule has 0 nitrogen and oxygen atoms in total. The van der Waals surface area contributed by atoms with Crippen molar-refractivity contribution in [2.24, 2.45) is 0 Å². The van der Waals surface area contributed by atoms with Crippen LogP contribution in [0.2, 0.25) is 13.1 Å². The largest absolute Gasteiger partial charge is 4.00 e. The molecule has 0 aromatic heterocycles. The second-order valence-electron chi connectivity index (χ2n) is 7.57. The minimum absolute atomic E-state index is 0. The molecule has 4 heteroatoms. The van der Waals surface area contributed by atoms with Crippen LogP contribution in [0.3, 0.4) is 0 Å². The molecule has 0 heterocycles. The molecular formula is C28H33Cl2SiZr. The Morgan fingerprint density at radius 1 is 0.562 bits per heavy atom. The zero-order valence-electron chi connectivity index (χ0n) is 19.9. The molecule has 0 unspecified atom stereocenters. The average Bonchev–Trinajstić information content (AvgIpc) is 3.24. The van der Waals surface area contributed by atoms with Gasteiger partial charge in [0.2, 0.25) is 0 Å². The summed E-state index contributed by atoms with van der Waals surface area (Å²) >= 11 is 0. The van der Waals surface area contributed by atoms with E-state index in [2.05, 4.69) is 126 Å². The molecule has 0 amide bonds. The van der Waals surface area contributed by atoms with Crippen LogP contribution in [0.4, 0.5) is 0 Å². The van der Waals surface area contributed by atoms with Gasteiger partial charge in [-0.1, -0.05) is 113 Å². The monoisotopic (exact) mass is 557 g/mol. The maximum Gasteiger partial charge on any atom is 4.00 e. The average molecular weight is 560 g/mol. The van der Waals surface area contributed by atoms with Crippen LogP contribution in [-0.2, 0) is 26.2 Å². The Balaban J connectivity index is 0. The van der Waals surface area contributed by atoms with Crippen LogP contribution in [0.5, 0.6) is 0 Å². The summed E-state index contributed by atoms with van der Waals surface area (Å²) in [7, 11) is 0.750. The maximum absolute atomic E-state index is 2.24. The molecule has 4 aromatic carbocycles. The molecule has 0 N–H and O–H groups in total. The molecular weight excluding hydrogens is 527 g/mol. The van der Waals surface area contributed by atoms with Crippen molar-refractivity contribution in [3.05, 3.63) is 107 Å². The van der Waals surface area contributed by atoms with Gasteiger partial charge in [-0.2, -0.15) is 23.3 Å². The summed E-state index contributed by atoms with van der Waals surface area (Å²) in [4.78, 5) is 0. The Bertz CT molecular complexity index is 907. The normalized spacial score (nSPS) is 8.94. The van der Waals surface area contributed by atoms with Gasteiger partial charge in [-0.3, -0.25) is 0 Å². The SMILES string of the molecule is C[SiH]C.Cc1cc(C)c(-c2ccccc2)[cH-]1.Cc1cc(C)c(-c2ccccc2)[cH-]1.[Cl-].[Cl-].[Zr+4]. The van der Waals surface area contributed by atoms with Gasteiger partial charge in [0.25, 0.3) is 0 Å². The Kier molecular flexibility index (Phi) is 17.9. The van der Waals surface area contributed by atoms with Crippen LogP contribution in [0.1, 0.15) is 22.3 Å². The van der Waals surface area contributed by atoms with E-state index in [-0.39, 0.29) is 51.0 Å². The van der Waals surface area contributed by atoms with E-state index in [1.165, 1.54) is 44.5 Å². The number of halogens is 2. The molecule has 0 saturated heterocycles. The van der Waals surface area contributed by atoms with Gasteiger partial charge >= 0.3 is 26.2 Å². The van der Waals surface area contributed by atoms with Crippen molar-refractivity contribution >= 4 is 9.52 Å². The van der Waals surface area contributed by atoms with Crippen LogP contribution in [0.15, 0.2) is 84.9 Å². The molecule has 32 heavy (non-hydrogen) atoms. The summed E-state index contributed by atoms with van der Waals surface area (Å²) < 4.78 is 0. The van der Waals surface area contributed by atoms with Crippen molar-refractivity contribution < 1.29 is 51.0 Å². The van der Waals surface area contributed by atoms with Crippen molar-refractivity contribution in [2.75, 3.05) is 0 Å². The molecule has 0 aliphatic heterocycles. The van der Waals surface area contributed by atoms with Crippen molar-refractivity contribution in [3.63, 3.8) is 0 Å². The van der Waals surface area contributed by atoms with Crippen LogP contribution >= 0.6 is 0 Å². The molecule has 1 radical (unpaired) electrons. The van der Waals surface area contributed by atoms with Crippen LogP contribution in [-0.4, -0.2) is 9.52 Å². The standard InChI is InChI=1S/2C13H13.C2H7Si.2ClH.Zr/c2*1-10-8-11(2)13(9-10)12-6-4-3-5-7-12;1-3-2;;;/h2*3-9H,1-2H3;3H,1-2H3;2*1H;/q2*-1;;;;+4/p-2. The predicted octanol–water partition coefficient (Wildman–Crippen LogP) is 1.90. The first-order chi connectivity index (χ1) is 14.0. The van der Waals surface area contributed by atoms with Crippen molar-refractivity contribution in [1.82, 2.24) is 0 Å². The third-order valence-electron chi connectivity index (χ3n) is 4.65. The summed E-state index contributed by atoms with van der Waals surface area (Å²) in [5, 5.41) is 0. The minimum atomic E-state index is 0. The zero-order chi connectivity index (χ0) is 21.2. The van der Waals surface area contributed by atoms with Crippen LogP contribution in [0, 0.1) is 27.7 Å². The van der Waals surface area contributed by atoms with Crippen LogP contribution in [0.25, 0.3) is 22.3 Å².